The second-order valence-corrected chi connectivity index (χ2v) is 4.40. The maximum Gasteiger partial charge on any atom is 0.188 e. The van der Waals surface area contributed by atoms with Crippen molar-refractivity contribution in [2.45, 2.75) is 19.5 Å². The first-order valence-corrected chi connectivity index (χ1v) is 5.85. The summed E-state index contributed by atoms with van der Waals surface area (Å²) in [6.45, 7) is 2.29. The van der Waals surface area contributed by atoms with E-state index in [9.17, 15) is 4.39 Å². The molecule has 1 heterocycles. The monoisotopic (exact) mass is 269 g/mol. The minimum atomic E-state index is -0.324. The highest BCUT2D eigenvalue weighted by Crippen LogP contribution is 2.20. The maximum absolute atomic E-state index is 13.7. The Morgan fingerprint density at radius 1 is 1.50 bits per heavy atom. The zero-order chi connectivity index (χ0) is 13.1. The van der Waals surface area contributed by atoms with Gasteiger partial charge in [0, 0.05) is 16.6 Å². The molecule has 0 spiro atoms. The van der Waals surface area contributed by atoms with Crippen molar-refractivity contribution in [2.75, 3.05) is 0 Å². The van der Waals surface area contributed by atoms with Gasteiger partial charge in [-0.25, -0.2) is 4.39 Å². The van der Waals surface area contributed by atoms with Crippen molar-refractivity contribution < 1.29 is 4.39 Å². The average molecular weight is 270 g/mol. The van der Waals surface area contributed by atoms with E-state index in [4.69, 9.17) is 11.6 Å². The molecule has 0 saturated carbocycles. The Balaban J connectivity index is 2.01. The van der Waals surface area contributed by atoms with Crippen LogP contribution < -0.4 is 5.32 Å². The molecule has 1 unspecified atom stereocenters. The van der Waals surface area contributed by atoms with Crippen LogP contribution in [0.2, 0.25) is 5.02 Å². The van der Waals surface area contributed by atoms with Crippen LogP contribution in [0.15, 0.2) is 18.2 Å². The summed E-state index contributed by atoms with van der Waals surface area (Å²) < 4.78 is 13.7. The number of tetrazole rings is 1. The molecule has 1 atom stereocenters. The number of nitrogens with zero attached hydrogens (tertiary/aromatic N) is 4. The van der Waals surface area contributed by atoms with Crippen molar-refractivity contribution in [1.29, 1.82) is 0 Å². The third-order valence-corrected chi connectivity index (χ3v) is 2.78. The summed E-state index contributed by atoms with van der Waals surface area (Å²) in [6.07, 6.45) is 0. The summed E-state index contributed by atoms with van der Waals surface area (Å²) in [5.74, 6) is 0.244. The summed E-state index contributed by atoms with van der Waals surface area (Å²) in [6, 6.07) is 4.47. The predicted octanol–water partition coefficient (Wildman–Crippen LogP) is 1.85. The van der Waals surface area contributed by atoms with Gasteiger partial charge in [0.05, 0.1) is 13.6 Å². The molecule has 0 aliphatic rings. The van der Waals surface area contributed by atoms with Crippen LogP contribution >= 0.6 is 11.6 Å². The number of nitrogens with one attached hydrogen (secondary N) is 1. The number of benzene rings is 1. The molecule has 18 heavy (non-hydrogen) atoms. The van der Waals surface area contributed by atoms with E-state index < -0.39 is 0 Å². The molecule has 2 rings (SSSR count). The fourth-order valence-electron chi connectivity index (χ4n) is 1.60. The molecule has 5 nitrogen and oxygen atoms in total. The molecule has 1 aromatic heterocycles. The molecule has 1 N–H and O–H groups in total. The van der Waals surface area contributed by atoms with Crippen LogP contribution in [-0.4, -0.2) is 20.2 Å². The van der Waals surface area contributed by atoms with Gasteiger partial charge < -0.3 is 5.32 Å². The minimum absolute atomic E-state index is 0.161. The summed E-state index contributed by atoms with van der Waals surface area (Å²) in [5, 5.41) is 15.1. The minimum Gasteiger partial charge on any atom is -0.303 e. The first-order valence-electron chi connectivity index (χ1n) is 5.47. The normalized spacial score (nSPS) is 12.7. The van der Waals surface area contributed by atoms with Gasteiger partial charge >= 0.3 is 0 Å². The number of halogens is 2. The summed E-state index contributed by atoms with van der Waals surface area (Å²) in [7, 11) is 1.69. The first-order chi connectivity index (χ1) is 8.56. The number of rotatable bonds is 4. The SMILES string of the molecule is CC(NCc1nnn(C)n1)c1ccc(Cl)cc1F. The smallest absolute Gasteiger partial charge is 0.188 e. The lowest BCUT2D eigenvalue weighted by atomic mass is 10.1. The van der Waals surface area contributed by atoms with E-state index in [-0.39, 0.29) is 11.9 Å². The third-order valence-electron chi connectivity index (χ3n) is 2.55. The molecule has 0 amide bonds. The highest BCUT2D eigenvalue weighted by molar-refractivity contribution is 6.30. The fourth-order valence-corrected chi connectivity index (χ4v) is 1.76. The van der Waals surface area contributed by atoms with Crippen molar-refractivity contribution in [1.82, 2.24) is 25.5 Å². The van der Waals surface area contributed by atoms with Gasteiger partial charge in [0.1, 0.15) is 5.82 Å². The molecule has 7 heteroatoms. The van der Waals surface area contributed by atoms with Crippen molar-refractivity contribution in [3.8, 4) is 0 Å². The van der Waals surface area contributed by atoms with Gasteiger partial charge in [0.15, 0.2) is 5.82 Å². The number of aromatic nitrogens is 4. The molecule has 0 aliphatic heterocycles. The fraction of sp³-hybridized carbons (Fsp3) is 0.364. The van der Waals surface area contributed by atoms with E-state index >= 15 is 0 Å². The summed E-state index contributed by atoms with van der Waals surface area (Å²) >= 11 is 5.71. The molecule has 0 fully saturated rings. The number of aryl methyl sites for hydroxylation is 1. The van der Waals surface area contributed by atoms with E-state index in [0.29, 0.717) is 23.0 Å². The second-order valence-electron chi connectivity index (χ2n) is 3.96. The van der Waals surface area contributed by atoms with Crippen LogP contribution in [0.25, 0.3) is 0 Å². The van der Waals surface area contributed by atoms with Crippen LogP contribution in [0.4, 0.5) is 4.39 Å². The lowest BCUT2D eigenvalue weighted by molar-refractivity contribution is 0.518. The van der Waals surface area contributed by atoms with Crippen molar-refractivity contribution in [3.05, 3.63) is 40.4 Å². The van der Waals surface area contributed by atoms with Gasteiger partial charge in [-0.1, -0.05) is 17.7 Å². The van der Waals surface area contributed by atoms with E-state index in [2.05, 4.69) is 20.7 Å². The number of hydrogen-bond donors (Lipinski definition) is 1. The molecule has 0 saturated heterocycles. The number of hydrogen-bond acceptors (Lipinski definition) is 4. The van der Waals surface area contributed by atoms with Crippen LogP contribution in [-0.2, 0) is 13.6 Å². The topological polar surface area (TPSA) is 55.6 Å². The molecule has 0 bridgehead atoms. The van der Waals surface area contributed by atoms with Gasteiger partial charge in [0.2, 0.25) is 0 Å². The quantitative estimate of drug-likeness (QED) is 0.920. The van der Waals surface area contributed by atoms with Gasteiger partial charge in [-0.2, -0.15) is 4.80 Å². The van der Waals surface area contributed by atoms with E-state index in [1.54, 1.807) is 19.2 Å². The standard InChI is InChI=1S/C11H13ClFN5/c1-7(9-4-3-8(12)5-10(9)13)14-6-11-15-17-18(2)16-11/h3-5,7,14H,6H2,1-2H3. The molecule has 2 aromatic rings. The lowest BCUT2D eigenvalue weighted by Gasteiger charge is -2.13. The van der Waals surface area contributed by atoms with Gasteiger partial charge in [-0.15, -0.1) is 10.2 Å². The van der Waals surface area contributed by atoms with Crippen LogP contribution in [0.5, 0.6) is 0 Å². The van der Waals surface area contributed by atoms with Crippen LogP contribution in [0, 0.1) is 5.82 Å². The first kappa shape index (κ1) is 12.9. The molecule has 1 aromatic carbocycles. The Kier molecular flexibility index (Phi) is 3.88. The largest absolute Gasteiger partial charge is 0.303 e. The summed E-state index contributed by atoms with van der Waals surface area (Å²) in [4.78, 5) is 1.38. The summed E-state index contributed by atoms with van der Waals surface area (Å²) in [5.41, 5.74) is 0.559. The second kappa shape index (κ2) is 5.41. The third kappa shape index (κ3) is 3.02. The molecule has 0 aliphatic carbocycles. The molecular formula is C11H13ClFN5. The van der Waals surface area contributed by atoms with Crippen molar-refractivity contribution >= 4 is 11.6 Å². The van der Waals surface area contributed by atoms with E-state index in [1.807, 2.05) is 6.92 Å². The van der Waals surface area contributed by atoms with Crippen molar-refractivity contribution in [2.24, 2.45) is 7.05 Å². The highest BCUT2D eigenvalue weighted by Gasteiger charge is 2.11. The molecular weight excluding hydrogens is 257 g/mol. The molecule has 0 radical (unpaired) electrons. The Morgan fingerprint density at radius 2 is 2.28 bits per heavy atom. The van der Waals surface area contributed by atoms with Crippen LogP contribution in [0.1, 0.15) is 24.4 Å². The highest BCUT2D eigenvalue weighted by atomic mass is 35.5. The van der Waals surface area contributed by atoms with Gasteiger partial charge in [-0.05, 0) is 24.3 Å². The Bertz CT molecular complexity index is 542. The Hall–Kier alpha value is -1.53. The predicted molar refractivity (Wildman–Crippen MR) is 65.5 cm³/mol. The van der Waals surface area contributed by atoms with Crippen molar-refractivity contribution in [3.63, 3.8) is 0 Å². The zero-order valence-electron chi connectivity index (χ0n) is 10.1. The Morgan fingerprint density at radius 3 is 2.89 bits per heavy atom. The van der Waals surface area contributed by atoms with E-state index in [1.165, 1.54) is 10.9 Å². The van der Waals surface area contributed by atoms with E-state index in [0.717, 1.165) is 0 Å². The maximum atomic E-state index is 13.7. The van der Waals surface area contributed by atoms with Crippen LogP contribution in [0.3, 0.4) is 0 Å². The molecule has 96 valence electrons. The lowest BCUT2D eigenvalue weighted by Crippen LogP contribution is -2.20. The van der Waals surface area contributed by atoms with Gasteiger partial charge in [-0.3, -0.25) is 0 Å². The van der Waals surface area contributed by atoms with Gasteiger partial charge in [0.25, 0.3) is 0 Å². The average Bonchev–Trinajstić information content (AvgIpc) is 2.72. The Labute approximate surface area is 109 Å². The zero-order valence-corrected chi connectivity index (χ0v) is 10.8.